The maximum atomic E-state index is 6.28. The van der Waals surface area contributed by atoms with Crippen LogP contribution in [-0.4, -0.2) is 11.0 Å². The molecule has 0 saturated carbocycles. The normalized spacial score (nSPS) is 12.5. The lowest BCUT2D eigenvalue weighted by Crippen LogP contribution is -2.15. The number of benzene rings is 1. The third kappa shape index (κ3) is 3.32. The van der Waals surface area contributed by atoms with Crippen molar-refractivity contribution in [2.24, 2.45) is 5.73 Å². The number of hydrogen-bond donors (Lipinski definition) is 2. The summed E-state index contributed by atoms with van der Waals surface area (Å²) < 4.78 is 0. The van der Waals surface area contributed by atoms with Gasteiger partial charge >= 0.3 is 0 Å². The van der Waals surface area contributed by atoms with Gasteiger partial charge < -0.3 is 11.1 Å². The van der Waals surface area contributed by atoms with E-state index in [1.807, 2.05) is 36.5 Å². The van der Waals surface area contributed by atoms with Crippen LogP contribution in [0.1, 0.15) is 36.6 Å². The van der Waals surface area contributed by atoms with Gasteiger partial charge in [-0.1, -0.05) is 30.3 Å². The molecule has 2 aromatic rings. The fourth-order valence-corrected chi connectivity index (χ4v) is 2.04. The zero-order valence-corrected chi connectivity index (χ0v) is 11.7. The maximum absolute atomic E-state index is 6.28. The van der Waals surface area contributed by atoms with Crippen LogP contribution in [0.5, 0.6) is 0 Å². The summed E-state index contributed by atoms with van der Waals surface area (Å²) in [7, 11) is 0. The smallest absolute Gasteiger partial charge is 0.129 e. The molecule has 1 heterocycles. The Hall–Kier alpha value is -1.87. The first kappa shape index (κ1) is 13.6. The van der Waals surface area contributed by atoms with Crippen LogP contribution in [0.2, 0.25) is 0 Å². The molecule has 1 aromatic carbocycles. The molecular formula is C16H21N3. The number of anilines is 1. The Kier molecular flexibility index (Phi) is 4.17. The van der Waals surface area contributed by atoms with Crippen LogP contribution in [0.15, 0.2) is 42.6 Å². The standard InChI is InChI=1S/C16H21N3/c1-11(2)19-16-12(3)9-14(10-18-16)15(17)13-7-5-4-6-8-13/h4-11,15H,17H2,1-3H3,(H,18,19)/t15-/m1/s1. The highest BCUT2D eigenvalue weighted by Gasteiger charge is 2.11. The average Bonchev–Trinajstić information content (AvgIpc) is 2.41. The molecule has 0 bridgehead atoms. The molecule has 0 amide bonds. The average molecular weight is 255 g/mol. The molecule has 0 radical (unpaired) electrons. The van der Waals surface area contributed by atoms with E-state index in [1.54, 1.807) is 0 Å². The Labute approximate surface area is 114 Å². The van der Waals surface area contributed by atoms with Crippen LogP contribution in [0.4, 0.5) is 5.82 Å². The van der Waals surface area contributed by atoms with Gasteiger partial charge in [-0.05, 0) is 43.5 Å². The van der Waals surface area contributed by atoms with Crippen LogP contribution < -0.4 is 11.1 Å². The molecule has 0 spiro atoms. The lowest BCUT2D eigenvalue weighted by atomic mass is 10.00. The molecule has 100 valence electrons. The van der Waals surface area contributed by atoms with Gasteiger partial charge in [0.15, 0.2) is 0 Å². The Balaban J connectivity index is 2.25. The lowest BCUT2D eigenvalue weighted by Gasteiger charge is -2.16. The number of nitrogens with one attached hydrogen (secondary N) is 1. The number of pyridine rings is 1. The van der Waals surface area contributed by atoms with Crippen molar-refractivity contribution in [3.05, 3.63) is 59.3 Å². The summed E-state index contributed by atoms with van der Waals surface area (Å²) in [6.07, 6.45) is 1.86. The molecule has 19 heavy (non-hydrogen) atoms. The Morgan fingerprint density at radius 3 is 2.37 bits per heavy atom. The summed E-state index contributed by atoms with van der Waals surface area (Å²) in [4.78, 5) is 4.47. The van der Waals surface area contributed by atoms with Crippen molar-refractivity contribution in [3.8, 4) is 0 Å². The second-order valence-corrected chi connectivity index (χ2v) is 5.12. The van der Waals surface area contributed by atoms with E-state index in [2.05, 4.69) is 37.1 Å². The van der Waals surface area contributed by atoms with Gasteiger partial charge in [-0.3, -0.25) is 0 Å². The van der Waals surface area contributed by atoms with Gasteiger partial charge in [-0.2, -0.15) is 0 Å². The topological polar surface area (TPSA) is 50.9 Å². The van der Waals surface area contributed by atoms with Crippen molar-refractivity contribution in [3.63, 3.8) is 0 Å². The third-order valence-corrected chi connectivity index (χ3v) is 3.04. The summed E-state index contributed by atoms with van der Waals surface area (Å²) in [5.41, 5.74) is 9.54. The minimum Gasteiger partial charge on any atom is -0.368 e. The fraction of sp³-hybridized carbons (Fsp3) is 0.312. The van der Waals surface area contributed by atoms with Crippen LogP contribution in [-0.2, 0) is 0 Å². The first-order valence-electron chi connectivity index (χ1n) is 6.61. The molecule has 3 heteroatoms. The summed E-state index contributed by atoms with van der Waals surface area (Å²) in [5, 5.41) is 3.33. The molecular weight excluding hydrogens is 234 g/mol. The van der Waals surface area contributed by atoms with E-state index in [0.29, 0.717) is 6.04 Å². The van der Waals surface area contributed by atoms with Crippen molar-refractivity contribution in [1.29, 1.82) is 0 Å². The number of rotatable bonds is 4. The molecule has 0 aliphatic heterocycles. The maximum Gasteiger partial charge on any atom is 0.129 e. The second-order valence-electron chi connectivity index (χ2n) is 5.12. The van der Waals surface area contributed by atoms with Gasteiger partial charge in [-0.15, -0.1) is 0 Å². The van der Waals surface area contributed by atoms with Crippen LogP contribution >= 0.6 is 0 Å². The molecule has 2 rings (SSSR count). The van der Waals surface area contributed by atoms with Gasteiger partial charge in [0.25, 0.3) is 0 Å². The minimum atomic E-state index is -0.125. The zero-order valence-electron chi connectivity index (χ0n) is 11.7. The number of aryl methyl sites for hydroxylation is 1. The monoisotopic (exact) mass is 255 g/mol. The summed E-state index contributed by atoms with van der Waals surface area (Å²) >= 11 is 0. The molecule has 0 saturated heterocycles. The zero-order chi connectivity index (χ0) is 13.8. The quantitative estimate of drug-likeness (QED) is 0.881. The summed E-state index contributed by atoms with van der Waals surface area (Å²) in [6, 6.07) is 12.4. The van der Waals surface area contributed by atoms with Gasteiger partial charge in [0, 0.05) is 12.2 Å². The number of aromatic nitrogens is 1. The van der Waals surface area contributed by atoms with E-state index in [4.69, 9.17) is 5.73 Å². The molecule has 0 aliphatic rings. The second kappa shape index (κ2) is 5.85. The van der Waals surface area contributed by atoms with E-state index in [1.165, 1.54) is 0 Å². The third-order valence-electron chi connectivity index (χ3n) is 3.04. The minimum absolute atomic E-state index is 0.125. The largest absolute Gasteiger partial charge is 0.368 e. The van der Waals surface area contributed by atoms with Crippen LogP contribution in [0, 0.1) is 6.92 Å². The van der Waals surface area contributed by atoms with Gasteiger partial charge in [-0.25, -0.2) is 4.98 Å². The SMILES string of the molecule is Cc1cc([C@H](N)c2ccccc2)cnc1NC(C)C. The fourth-order valence-electron chi connectivity index (χ4n) is 2.04. The predicted octanol–water partition coefficient (Wildman–Crippen LogP) is 3.26. The number of nitrogens with two attached hydrogens (primary N) is 1. The van der Waals surface area contributed by atoms with Gasteiger partial charge in [0.2, 0.25) is 0 Å². The van der Waals surface area contributed by atoms with Crippen molar-refractivity contribution in [2.75, 3.05) is 5.32 Å². The highest BCUT2D eigenvalue weighted by Crippen LogP contribution is 2.22. The molecule has 0 fully saturated rings. The van der Waals surface area contributed by atoms with Gasteiger partial charge in [0.05, 0.1) is 6.04 Å². The summed E-state index contributed by atoms with van der Waals surface area (Å²) in [6.45, 7) is 6.26. The van der Waals surface area contributed by atoms with Crippen molar-refractivity contribution >= 4 is 5.82 Å². The molecule has 3 nitrogen and oxygen atoms in total. The van der Waals surface area contributed by atoms with Crippen molar-refractivity contribution < 1.29 is 0 Å². The first-order valence-corrected chi connectivity index (χ1v) is 6.61. The van der Waals surface area contributed by atoms with E-state index in [9.17, 15) is 0 Å². The van der Waals surface area contributed by atoms with Crippen LogP contribution in [0.25, 0.3) is 0 Å². The molecule has 3 N–H and O–H groups in total. The number of hydrogen-bond acceptors (Lipinski definition) is 3. The predicted molar refractivity (Wildman–Crippen MR) is 80.2 cm³/mol. The summed E-state index contributed by atoms with van der Waals surface area (Å²) in [5.74, 6) is 0.930. The Bertz CT molecular complexity index is 535. The first-order chi connectivity index (χ1) is 9.08. The van der Waals surface area contributed by atoms with E-state index >= 15 is 0 Å². The van der Waals surface area contributed by atoms with E-state index in [-0.39, 0.29) is 6.04 Å². The number of nitrogens with zero attached hydrogens (tertiary/aromatic N) is 1. The van der Waals surface area contributed by atoms with E-state index < -0.39 is 0 Å². The Morgan fingerprint density at radius 1 is 1.11 bits per heavy atom. The molecule has 1 atom stereocenters. The Morgan fingerprint density at radius 2 is 1.79 bits per heavy atom. The van der Waals surface area contributed by atoms with Crippen molar-refractivity contribution in [2.45, 2.75) is 32.9 Å². The van der Waals surface area contributed by atoms with E-state index in [0.717, 1.165) is 22.5 Å². The molecule has 0 unspecified atom stereocenters. The lowest BCUT2D eigenvalue weighted by molar-refractivity contribution is 0.851. The molecule has 1 aromatic heterocycles. The van der Waals surface area contributed by atoms with Crippen LogP contribution in [0.3, 0.4) is 0 Å². The van der Waals surface area contributed by atoms with Gasteiger partial charge in [0.1, 0.15) is 5.82 Å². The van der Waals surface area contributed by atoms with Crippen molar-refractivity contribution in [1.82, 2.24) is 4.98 Å². The molecule has 0 aliphatic carbocycles. The highest BCUT2D eigenvalue weighted by molar-refractivity contribution is 5.46. The highest BCUT2D eigenvalue weighted by atomic mass is 15.0.